The lowest BCUT2D eigenvalue weighted by Gasteiger charge is -2.20. The molecule has 0 spiro atoms. The van der Waals surface area contributed by atoms with E-state index in [0.29, 0.717) is 24.1 Å². The van der Waals surface area contributed by atoms with Gasteiger partial charge < -0.3 is 8.98 Å². The molecule has 1 unspecified atom stereocenters. The molecule has 1 aliphatic heterocycles. The van der Waals surface area contributed by atoms with E-state index in [0.717, 1.165) is 27.3 Å². The van der Waals surface area contributed by atoms with E-state index in [2.05, 4.69) is 25.9 Å². The molecule has 4 heterocycles. The van der Waals surface area contributed by atoms with Crippen molar-refractivity contribution in [1.29, 1.82) is 0 Å². The van der Waals surface area contributed by atoms with Gasteiger partial charge in [-0.1, -0.05) is 17.8 Å². The maximum absolute atomic E-state index is 13.2. The first kappa shape index (κ1) is 18.4. The second kappa shape index (κ2) is 7.39. The van der Waals surface area contributed by atoms with Gasteiger partial charge in [-0.3, -0.25) is 4.79 Å². The lowest BCUT2D eigenvalue weighted by molar-refractivity contribution is -0.130. The van der Waals surface area contributed by atoms with Gasteiger partial charge in [0.15, 0.2) is 5.16 Å². The minimum absolute atomic E-state index is 0.0155. The monoisotopic (exact) mass is 439 g/mol. The number of aromatic nitrogens is 3. The Morgan fingerprint density at radius 2 is 2.10 bits per heavy atom. The number of carbonyl (C=O) groups excluding carboxylic acids is 1. The zero-order chi connectivity index (χ0) is 20.1. The molecule has 2 fully saturated rings. The summed E-state index contributed by atoms with van der Waals surface area (Å²) in [6.45, 7) is 0. The molecule has 1 amide bonds. The van der Waals surface area contributed by atoms with Crippen LogP contribution in [0.2, 0.25) is 0 Å². The summed E-state index contributed by atoms with van der Waals surface area (Å²) in [6, 6.07) is 8.25. The van der Waals surface area contributed by atoms with E-state index >= 15 is 0 Å². The van der Waals surface area contributed by atoms with Crippen LogP contribution in [-0.2, 0) is 4.79 Å². The van der Waals surface area contributed by atoms with Crippen LogP contribution in [0, 0.1) is 0 Å². The fourth-order valence-electron chi connectivity index (χ4n) is 3.91. The van der Waals surface area contributed by atoms with Gasteiger partial charge in [-0.05, 0) is 49.3 Å². The van der Waals surface area contributed by atoms with Crippen LogP contribution >= 0.6 is 23.1 Å². The quantitative estimate of drug-likeness (QED) is 0.502. The summed E-state index contributed by atoms with van der Waals surface area (Å²) in [5.41, 5.74) is 0.814. The Balaban J connectivity index is 1.22. The van der Waals surface area contributed by atoms with E-state index < -0.39 is 0 Å². The number of nitrogens with zero attached hydrogens (tertiary/aromatic N) is 5. The lowest BCUT2D eigenvalue weighted by Crippen LogP contribution is -2.28. The lowest BCUT2D eigenvalue weighted by atomic mass is 10.1. The summed E-state index contributed by atoms with van der Waals surface area (Å²) in [6.07, 6.45) is 7.07. The molecule has 7 nitrogen and oxygen atoms in total. The Morgan fingerprint density at radius 1 is 1.20 bits per heavy atom. The topological polar surface area (TPSA) is 76.5 Å². The predicted octanol–water partition coefficient (Wildman–Crippen LogP) is 4.61. The van der Waals surface area contributed by atoms with Crippen LogP contribution < -0.4 is 0 Å². The van der Waals surface area contributed by atoms with Crippen molar-refractivity contribution < 1.29 is 9.21 Å². The van der Waals surface area contributed by atoms with E-state index in [-0.39, 0.29) is 11.9 Å². The van der Waals surface area contributed by atoms with E-state index in [1.807, 2.05) is 23.6 Å². The summed E-state index contributed by atoms with van der Waals surface area (Å²) in [5, 5.41) is 18.1. The number of thiophene rings is 1. The third kappa shape index (κ3) is 3.39. The fourth-order valence-corrected chi connectivity index (χ4v) is 5.59. The molecule has 0 radical (unpaired) electrons. The summed E-state index contributed by atoms with van der Waals surface area (Å²) < 4.78 is 7.81. The highest BCUT2D eigenvalue weighted by molar-refractivity contribution is 7.99. The number of rotatable bonds is 7. The zero-order valence-corrected chi connectivity index (χ0v) is 17.9. The Hall–Kier alpha value is -2.39. The third-order valence-corrected chi connectivity index (χ3v) is 7.61. The van der Waals surface area contributed by atoms with Gasteiger partial charge >= 0.3 is 0 Å². The first-order valence-corrected chi connectivity index (χ1v) is 12.2. The van der Waals surface area contributed by atoms with E-state index in [1.165, 1.54) is 37.4 Å². The van der Waals surface area contributed by atoms with Crippen molar-refractivity contribution in [3.63, 3.8) is 0 Å². The molecule has 0 aromatic carbocycles. The number of amides is 1. The summed E-state index contributed by atoms with van der Waals surface area (Å²) in [7, 11) is 0. The highest BCUT2D eigenvalue weighted by atomic mass is 32.2. The number of furan rings is 1. The van der Waals surface area contributed by atoms with Gasteiger partial charge in [0.25, 0.3) is 5.91 Å². The molecule has 0 N–H and O–H groups in total. The Morgan fingerprint density at radius 3 is 2.80 bits per heavy atom. The van der Waals surface area contributed by atoms with Crippen molar-refractivity contribution in [2.75, 3.05) is 5.75 Å². The van der Waals surface area contributed by atoms with Crippen LogP contribution in [0.15, 0.2) is 50.6 Å². The van der Waals surface area contributed by atoms with Crippen LogP contribution in [0.25, 0.3) is 0 Å². The molecule has 9 heteroatoms. The molecule has 30 heavy (non-hydrogen) atoms. The molecule has 0 saturated heterocycles. The van der Waals surface area contributed by atoms with Gasteiger partial charge in [-0.15, -0.1) is 21.5 Å². The molecule has 3 aliphatic rings. The summed E-state index contributed by atoms with van der Waals surface area (Å²) in [5.74, 6) is 2.68. The molecule has 2 saturated carbocycles. The van der Waals surface area contributed by atoms with Gasteiger partial charge in [-0.2, -0.15) is 5.10 Å². The van der Waals surface area contributed by atoms with Crippen molar-refractivity contribution in [2.45, 2.75) is 55.3 Å². The zero-order valence-electron chi connectivity index (χ0n) is 16.3. The Bertz CT molecular complexity index is 1080. The van der Waals surface area contributed by atoms with Gasteiger partial charge in [0.1, 0.15) is 17.3 Å². The molecule has 3 aromatic rings. The second-order valence-corrected chi connectivity index (χ2v) is 9.92. The van der Waals surface area contributed by atoms with Crippen molar-refractivity contribution in [1.82, 2.24) is 19.8 Å². The SMILES string of the molecule is O=C(CSc1nnc(C2CC2)n1C1CC1)N1N=C(c2ccco2)CC1c1cccs1. The van der Waals surface area contributed by atoms with Crippen LogP contribution in [-0.4, -0.2) is 37.1 Å². The highest BCUT2D eigenvalue weighted by Crippen LogP contribution is 2.46. The molecule has 154 valence electrons. The molecule has 1 atom stereocenters. The van der Waals surface area contributed by atoms with Gasteiger partial charge in [-0.25, -0.2) is 5.01 Å². The third-order valence-electron chi connectivity index (χ3n) is 5.71. The minimum atomic E-state index is -0.0819. The molecule has 3 aromatic heterocycles. The molecule has 2 aliphatic carbocycles. The highest BCUT2D eigenvalue weighted by Gasteiger charge is 2.38. The predicted molar refractivity (Wildman–Crippen MR) is 115 cm³/mol. The van der Waals surface area contributed by atoms with Crippen molar-refractivity contribution >= 4 is 34.7 Å². The van der Waals surface area contributed by atoms with Crippen LogP contribution in [0.3, 0.4) is 0 Å². The summed E-state index contributed by atoms with van der Waals surface area (Å²) in [4.78, 5) is 14.3. The van der Waals surface area contributed by atoms with E-state index in [4.69, 9.17) is 4.42 Å². The minimum Gasteiger partial charge on any atom is -0.463 e. The number of hydrogen-bond donors (Lipinski definition) is 0. The summed E-state index contributed by atoms with van der Waals surface area (Å²) >= 11 is 3.14. The van der Waals surface area contributed by atoms with Gasteiger partial charge in [0, 0.05) is 23.3 Å². The first-order valence-electron chi connectivity index (χ1n) is 10.3. The number of carbonyl (C=O) groups is 1. The number of thioether (sulfide) groups is 1. The second-order valence-electron chi connectivity index (χ2n) is 8.00. The van der Waals surface area contributed by atoms with E-state index in [1.54, 1.807) is 22.6 Å². The van der Waals surface area contributed by atoms with Crippen molar-refractivity contribution in [2.24, 2.45) is 5.10 Å². The standard InChI is InChI=1S/C21H21N5O2S2/c27-19(12-30-21-23-22-20(13-5-6-13)25(21)14-7-8-14)26-16(18-4-2-10-29-18)11-15(24-26)17-3-1-9-28-17/h1-4,9-10,13-14,16H,5-8,11-12H2. The average Bonchev–Trinajstić information content (AvgIpc) is 3.49. The van der Waals surface area contributed by atoms with Crippen LogP contribution in [0.4, 0.5) is 0 Å². The molecule has 6 rings (SSSR count). The Labute approximate surface area is 182 Å². The van der Waals surface area contributed by atoms with Crippen molar-refractivity contribution in [3.05, 3.63) is 52.4 Å². The number of hydrazone groups is 1. The molecular weight excluding hydrogens is 418 g/mol. The van der Waals surface area contributed by atoms with Crippen LogP contribution in [0.1, 0.15) is 66.6 Å². The van der Waals surface area contributed by atoms with Gasteiger partial charge in [0.05, 0.1) is 18.1 Å². The van der Waals surface area contributed by atoms with E-state index in [9.17, 15) is 4.79 Å². The first-order chi connectivity index (χ1) is 14.8. The molecule has 0 bridgehead atoms. The largest absolute Gasteiger partial charge is 0.463 e. The normalized spacial score (nSPS) is 21.3. The molecular formula is C21H21N5O2S2. The average molecular weight is 440 g/mol. The van der Waals surface area contributed by atoms with Gasteiger partial charge in [0.2, 0.25) is 0 Å². The maximum atomic E-state index is 13.2. The smallest absolute Gasteiger partial charge is 0.253 e. The fraction of sp³-hybridized carbons (Fsp3) is 0.429. The Kier molecular flexibility index (Phi) is 4.53. The maximum Gasteiger partial charge on any atom is 0.253 e. The number of hydrogen-bond acceptors (Lipinski definition) is 7. The van der Waals surface area contributed by atoms with Crippen LogP contribution in [0.5, 0.6) is 0 Å². The van der Waals surface area contributed by atoms with Crippen molar-refractivity contribution in [3.8, 4) is 0 Å².